The number of nitrogens with zero attached hydrogens (tertiary/aromatic N) is 1. The molecule has 0 saturated heterocycles. The van der Waals surface area contributed by atoms with Gasteiger partial charge in [0.1, 0.15) is 5.75 Å². The van der Waals surface area contributed by atoms with Crippen LogP contribution in [0, 0.1) is 0 Å². The SMILES string of the molecule is CCOc1ccc([C@@H]2N[C@H](c3cccnc3OC)Cc3cc(OC)ccc32)cc1OC.O=C(O)CC(O)(CC(=O)O)C(=O)O. The molecule has 236 valence electrons. The molecule has 0 saturated carbocycles. The third kappa shape index (κ3) is 8.14. The number of aliphatic carboxylic acids is 3. The number of carboxylic acid groups (broad SMARTS) is 3. The van der Waals surface area contributed by atoms with E-state index in [9.17, 15) is 14.4 Å². The van der Waals surface area contributed by atoms with Crippen LogP contribution in [0.4, 0.5) is 0 Å². The highest BCUT2D eigenvalue weighted by atomic mass is 16.5. The van der Waals surface area contributed by atoms with Gasteiger partial charge in [0.15, 0.2) is 17.1 Å². The van der Waals surface area contributed by atoms with E-state index in [4.69, 9.17) is 39.4 Å². The Hall–Kier alpha value is -4.88. The van der Waals surface area contributed by atoms with Crippen molar-refractivity contribution in [3.8, 4) is 23.1 Å². The molecule has 0 spiro atoms. The zero-order chi connectivity index (χ0) is 32.4. The van der Waals surface area contributed by atoms with Crippen LogP contribution in [0.5, 0.6) is 23.1 Å². The van der Waals surface area contributed by atoms with E-state index in [1.54, 1.807) is 27.5 Å². The quantitative estimate of drug-likeness (QED) is 0.200. The molecular formula is C31H36N2O11. The summed E-state index contributed by atoms with van der Waals surface area (Å²) in [5, 5.41) is 37.6. The molecule has 2 atom stereocenters. The molecule has 3 aromatic rings. The number of hydrogen-bond donors (Lipinski definition) is 5. The monoisotopic (exact) mass is 612 g/mol. The summed E-state index contributed by atoms with van der Waals surface area (Å²) >= 11 is 0. The zero-order valence-corrected chi connectivity index (χ0v) is 24.8. The van der Waals surface area contributed by atoms with Crippen LogP contribution < -0.4 is 24.3 Å². The van der Waals surface area contributed by atoms with E-state index in [2.05, 4.69) is 34.6 Å². The van der Waals surface area contributed by atoms with Crippen molar-refractivity contribution in [1.82, 2.24) is 10.3 Å². The maximum atomic E-state index is 10.3. The summed E-state index contributed by atoms with van der Waals surface area (Å²) in [7, 11) is 5.01. The van der Waals surface area contributed by atoms with Crippen LogP contribution in [0.1, 0.15) is 54.1 Å². The van der Waals surface area contributed by atoms with E-state index in [-0.39, 0.29) is 12.1 Å². The fourth-order valence-electron chi connectivity index (χ4n) is 4.90. The number of aliphatic hydroxyl groups is 1. The third-order valence-corrected chi connectivity index (χ3v) is 6.93. The second-order valence-electron chi connectivity index (χ2n) is 9.84. The van der Waals surface area contributed by atoms with E-state index in [0.29, 0.717) is 12.5 Å². The Labute approximate surface area is 254 Å². The first-order valence-electron chi connectivity index (χ1n) is 13.6. The van der Waals surface area contributed by atoms with Crippen molar-refractivity contribution in [2.75, 3.05) is 27.9 Å². The Balaban J connectivity index is 0.000000345. The van der Waals surface area contributed by atoms with Gasteiger partial charge in [0.25, 0.3) is 0 Å². The predicted molar refractivity (Wildman–Crippen MR) is 156 cm³/mol. The van der Waals surface area contributed by atoms with Gasteiger partial charge in [0.2, 0.25) is 5.88 Å². The van der Waals surface area contributed by atoms with Gasteiger partial charge in [-0.3, -0.25) is 14.9 Å². The molecule has 1 aliphatic rings. The topological polar surface area (TPSA) is 194 Å². The van der Waals surface area contributed by atoms with Gasteiger partial charge in [-0.1, -0.05) is 18.2 Å². The molecule has 44 heavy (non-hydrogen) atoms. The van der Waals surface area contributed by atoms with E-state index in [1.165, 1.54) is 11.1 Å². The van der Waals surface area contributed by atoms with Crippen molar-refractivity contribution in [2.24, 2.45) is 0 Å². The highest BCUT2D eigenvalue weighted by molar-refractivity contribution is 5.88. The number of rotatable bonds is 12. The smallest absolute Gasteiger partial charge is 0.336 e. The zero-order valence-electron chi connectivity index (χ0n) is 24.8. The minimum Gasteiger partial charge on any atom is -0.497 e. The number of methoxy groups -OCH3 is 3. The first-order chi connectivity index (χ1) is 21.0. The van der Waals surface area contributed by atoms with Crippen molar-refractivity contribution < 1.29 is 53.8 Å². The van der Waals surface area contributed by atoms with Crippen LogP contribution in [0.2, 0.25) is 0 Å². The van der Waals surface area contributed by atoms with Gasteiger partial charge in [0.05, 0.1) is 46.8 Å². The third-order valence-electron chi connectivity index (χ3n) is 6.93. The summed E-state index contributed by atoms with van der Waals surface area (Å²) in [4.78, 5) is 34.9. The van der Waals surface area contributed by atoms with Crippen LogP contribution in [0.15, 0.2) is 54.7 Å². The lowest BCUT2D eigenvalue weighted by molar-refractivity contribution is -0.170. The van der Waals surface area contributed by atoms with Crippen LogP contribution >= 0.6 is 0 Å². The van der Waals surface area contributed by atoms with Crippen LogP contribution in [0.25, 0.3) is 0 Å². The fourth-order valence-corrected chi connectivity index (χ4v) is 4.90. The Bertz CT molecular complexity index is 1460. The number of fused-ring (bicyclic) bond motifs is 1. The predicted octanol–water partition coefficient (Wildman–Crippen LogP) is 3.23. The van der Waals surface area contributed by atoms with Crippen molar-refractivity contribution in [1.29, 1.82) is 0 Å². The van der Waals surface area contributed by atoms with Gasteiger partial charge in [0, 0.05) is 17.8 Å². The normalized spacial score (nSPS) is 15.6. The lowest BCUT2D eigenvalue weighted by atomic mass is 9.84. The van der Waals surface area contributed by atoms with Crippen LogP contribution in [0.3, 0.4) is 0 Å². The summed E-state index contributed by atoms with van der Waals surface area (Å²) in [6.45, 7) is 2.55. The van der Waals surface area contributed by atoms with Gasteiger partial charge >= 0.3 is 17.9 Å². The van der Waals surface area contributed by atoms with Crippen LogP contribution in [-0.2, 0) is 20.8 Å². The second kappa shape index (κ2) is 15.0. The molecule has 13 heteroatoms. The molecule has 2 heterocycles. The Kier molecular flexibility index (Phi) is 11.5. The van der Waals surface area contributed by atoms with Gasteiger partial charge in [-0.2, -0.15) is 0 Å². The number of aromatic nitrogens is 1. The largest absolute Gasteiger partial charge is 0.497 e. The number of carboxylic acids is 3. The van der Waals surface area contributed by atoms with Crippen molar-refractivity contribution >= 4 is 17.9 Å². The number of nitrogens with one attached hydrogen (secondary N) is 1. The molecule has 0 radical (unpaired) electrons. The molecule has 13 nitrogen and oxygen atoms in total. The van der Waals surface area contributed by atoms with Gasteiger partial charge in [-0.15, -0.1) is 0 Å². The van der Waals surface area contributed by atoms with E-state index in [1.807, 2.05) is 31.2 Å². The average Bonchev–Trinajstić information content (AvgIpc) is 3.00. The van der Waals surface area contributed by atoms with Crippen molar-refractivity contribution in [3.05, 3.63) is 77.0 Å². The average molecular weight is 613 g/mol. The van der Waals surface area contributed by atoms with Crippen LogP contribution in [-0.4, -0.2) is 76.9 Å². The van der Waals surface area contributed by atoms with Gasteiger partial charge < -0.3 is 39.4 Å². The van der Waals surface area contributed by atoms with Crippen molar-refractivity contribution in [2.45, 2.75) is 43.9 Å². The molecule has 0 aliphatic carbocycles. The van der Waals surface area contributed by atoms with E-state index < -0.39 is 36.4 Å². The maximum Gasteiger partial charge on any atom is 0.336 e. The number of carbonyl (C=O) groups is 3. The van der Waals surface area contributed by atoms with Crippen molar-refractivity contribution in [3.63, 3.8) is 0 Å². The molecule has 2 aromatic carbocycles. The molecule has 0 bridgehead atoms. The highest BCUT2D eigenvalue weighted by Gasteiger charge is 2.40. The number of pyridine rings is 1. The summed E-state index contributed by atoms with van der Waals surface area (Å²) in [6.07, 6.45) is 0.263. The summed E-state index contributed by atoms with van der Waals surface area (Å²) < 4.78 is 22.3. The minimum atomic E-state index is -2.74. The standard InChI is InChI=1S/C25H28N2O4.C6H8O7/c1-5-31-22-11-8-16(15-23(22)29-3)24-19-10-9-18(28-2)13-17(19)14-21(27-24)20-7-6-12-26-25(20)30-4;7-3(8)1-6(13,5(11)12)2-4(9)10/h6-13,15,21,24,27H,5,14H2,1-4H3;13H,1-2H2,(H,7,8)(H,9,10)(H,11,12)/t21-,24-;/m0./s1. The molecule has 1 aromatic heterocycles. The molecule has 5 N–H and O–H groups in total. The first kappa shape index (κ1) is 33.6. The number of ether oxygens (including phenoxy) is 4. The van der Waals surface area contributed by atoms with E-state index in [0.717, 1.165) is 34.8 Å². The molecule has 0 unspecified atom stereocenters. The Morgan fingerprint density at radius 3 is 2.18 bits per heavy atom. The highest BCUT2D eigenvalue weighted by Crippen LogP contribution is 2.41. The van der Waals surface area contributed by atoms with Gasteiger partial charge in [-0.25, -0.2) is 9.78 Å². The molecule has 0 amide bonds. The fraction of sp³-hybridized carbons (Fsp3) is 0.355. The molecule has 1 aliphatic heterocycles. The number of hydrogen-bond acceptors (Lipinski definition) is 10. The minimum absolute atomic E-state index is 0.0332. The first-order valence-corrected chi connectivity index (χ1v) is 13.6. The summed E-state index contributed by atoms with van der Waals surface area (Å²) in [5.41, 5.74) is 1.83. The second-order valence-corrected chi connectivity index (χ2v) is 9.84. The molecule has 4 rings (SSSR count). The molecule has 0 fully saturated rings. The summed E-state index contributed by atoms with van der Waals surface area (Å²) in [5.74, 6) is -2.08. The van der Waals surface area contributed by atoms with E-state index >= 15 is 0 Å². The van der Waals surface area contributed by atoms with Gasteiger partial charge in [-0.05, 0) is 60.4 Å². The number of benzene rings is 2. The Morgan fingerprint density at radius 1 is 0.909 bits per heavy atom. The maximum absolute atomic E-state index is 10.3. The summed E-state index contributed by atoms with van der Waals surface area (Å²) in [6, 6.07) is 16.3. The Morgan fingerprint density at radius 2 is 1.61 bits per heavy atom. The lowest BCUT2D eigenvalue weighted by Gasteiger charge is -2.34. The lowest BCUT2D eigenvalue weighted by Crippen LogP contribution is -2.42. The molecular weight excluding hydrogens is 576 g/mol.